The quantitative estimate of drug-likeness (QED) is 0.827. The zero-order chi connectivity index (χ0) is 17.7. The number of hydrogen-bond acceptors (Lipinski definition) is 3. The lowest BCUT2D eigenvalue weighted by molar-refractivity contribution is 0.411. The molecule has 2 aromatic rings. The highest BCUT2D eigenvalue weighted by Gasteiger charge is 2.19. The Morgan fingerprint density at radius 2 is 1.88 bits per heavy atom. The molecule has 0 aliphatic carbocycles. The van der Waals surface area contributed by atoms with Gasteiger partial charge in [0, 0.05) is 6.04 Å². The minimum Gasteiger partial charge on any atom is -0.496 e. The lowest BCUT2D eigenvalue weighted by Crippen LogP contribution is -2.29. The van der Waals surface area contributed by atoms with Gasteiger partial charge in [0.05, 0.1) is 12.9 Å². The molecule has 2 aromatic carbocycles. The normalized spacial score (nSPS) is 12.8. The lowest BCUT2D eigenvalue weighted by Gasteiger charge is -2.19. The first-order valence-corrected chi connectivity index (χ1v) is 9.70. The van der Waals surface area contributed by atoms with Crippen molar-refractivity contribution in [2.45, 2.75) is 39.0 Å². The molecule has 0 bridgehead atoms. The second-order valence-electron chi connectivity index (χ2n) is 6.06. The minimum atomic E-state index is -3.42. The van der Waals surface area contributed by atoms with Crippen LogP contribution in [0.1, 0.15) is 41.6 Å². The molecule has 0 saturated heterocycles. The molecule has 1 atom stereocenters. The van der Waals surface area contributed by atoms with Crippen LogP contribution in [-0.4, -0.2) is 15.5 Å². The van der Waals surface area contributed by atoms with Crippen molar-refractivity contribution in [3.63, 3.8) is 0 Å². The van der Waals surface area contributed by atoms with Gasteiger partial charge >= 0.3 is 0 Å². The minimum absolute atomic E-state index is 0.0136. The highest BCUT2D eigenvalue weighted by Crippen LogP contribution is 2.25. The Morgan fingerprint density at radius 1 is 1.12 bits per heavy atom. The summed E-state index contributed by atoms with van der Waals surface area (Å²) in [4.78, 5) is 0. The Labute approximate surface area is 144 Å². The van der Waals surface area contributed by atoms with E-state index in [-0.39, 0.29) is 11.8 Å². The van der Waals surface area contributed by atoms with Crippen LogP contribution in [0.3, 0.4) is 0 Å². The van der Waals surface area contributed by atoms with Crippen molar-refractivity contribution in [3.05, 3.63) is 64.7 Å². The molecule has 0 radical (unpaired) electrons. The third-order valence-electron chi connectivity index (χ3n) is 3.99. The Kier molecular flexibility index (Phi) is 6.02. The number of sulfonamides is 1. The van der Waals surface area contributed by atoms with Crippen LogP contribution in [0.4, 0.5) is 0 Å². The van der Waals surface area contributed by atoms with Crippen LogP contribution < -0.4 is 9.46 Å². The molecule has 0 saturated carbocycles. The van der Waals surface area contributed by atoms with Crippen LogP contribution in [0, 0.1) is 13.8 Å². The van der Waals surface area contributed by atoms with E-state index in [9.17, 15) is 8.42 Å². The number of methoxy groups -OCH3 is 1. The third kappa shape index (κ3) is 4.82. The number of nitrogens with one attached hydrogen (secondary N) is 1. The second-order valence-corrected chi connectivity index (χ2v) is 7.81. The highest BCUT2D eigenvalue weighted by molar-refractivity contribution is 7.88. The summed E-state index contributed by atoms with van der Waals surface area (Å²) in [7, 11) is -1.79. The lowest BCUT2D eigenvalue weighted by atomic mass is 10.0. The van der Waals surface area contributed by atoms with Gasteiger partial charge in [-0.3, -0.25) is 0 Å². The summed E-state index contributed by atoms with van der Waals surface area (Å²) in [6, 6.07) is 13.1. The van der Waals surface area contributed by atoms with Gasteiger partial charge in [0.25, 0.3) is 0 Å². The van der Waals surface area contributed by atoms with E-state index in [0.29, 0.717) is 6.42 Å². The van der Waals surface area contributed by atoms with Gasteiger partial charge in [-0.25, -0.2) is 13.1 Å². The van der Waals surface area contributed by atoms with Crippen molar-refractivity contribution in [3.8, 4) is 5.75 Å². The Hall–Kier alpha value is -1.85. The average Bonchev–Trinajstić information content (AvgIpc) is 2.52. The standard InChI is InChI=1S/C19H25NO3S/c1-5-18(17-9-10-19(23-4)15(3)12-17)20-24(21,22)13-16-8-6-7-14(2)11-16/h6-12,18,20H,5,13H2,1-4H3/t18-/m1/s1. The van der Waals surface area contributed by atoms with E-state index in [1.165, 1.54) is 0 Å². The third-order valence-corrected chi connectivity index (χ3v) is 5.35. The summed E-state index contributed by atoms with van der Waals surface area (Å²) in [5.41, 5.74) is 3.79. The molecule has 0 unspecified atom stereocenters. The zero-order valence-corrected chi connectivity index (χ0v) is 15.5. The highest BCUT2D eigenvalue weighted by atomic mass is 32.2. The maximum Gasteiger partial charge on any atom is 0.216 e. The predicted molar refractivity (Wildman–Crippen MR) is 97.7 cm³/mol. The molecule has 4 nitrogen and oxygen atoms in total. The first-order valence-electron chi connectivity index (χ1n) is 8.04. The molecule has 0 aliphatic heterocycles. The van der Waals surface area contributed by atoms with Crippen molar-refractivity contribution < 1.29 is 13.2 Å². The van der Waals surface area contributed by atoms with Crippen molar-refractivity contribution in [2.24, 2.45) is 0 Å². The molecular formula is C19H25NO3S. The number of rotatable bonds is 7. The summed E-state index contributed by atoms with van der Waals surface area (Å²) in [5, 5.41) is 0. The van der Waals surface area contributed by atoms with Gasteiger partial charge in [0.1, 0.15) is 5.75 Å². The van der Waals surface area contributed by atoms with E-state index in [1.807, 2.05) is 63.2 Å². The molecule has 0 aromatic heterocycles. The van der Waals surface area contributed by atoms with Gasteiger partial charge < -0.3 is 4.74 Å². The maximum atomic E-state index is 12.5. The van der Waals surface area contributed by atoms with Crippen LogP contribution in [0.15, 0.2) is 42.5 Å². The molecule has 2 rings (SSSR count). The van der Waals surface area contributed by atoms with Crippen LogP contribution >= 0.6 is 0 Å². The van der Waals surface area contributed by atoms with E-state index >= 15 is 0 Å². The SMILES string of the molecule is CC[C@@H](NS(=O)(=O)Cc1cccc(C)c1)c1ccc(OC)c(C)c1. The molecule has 0 amide bonds. The van der Waals surface area contributed by atoms with Crippen LogP contribution in [0.2, 0.25) is 0 Å². The second kappa shape index (κ2) is 7.81. The topological polar surface area (TPSA) is 55.4 Å². The molecule has 24 heavy (non-hydrogen) atoms. The number of ether oxygens (including phenoxy) is 1. The molecule has 1 N–H and O–H groups in total. The first kappa shape index (κ1) is 18.5. The first-order chi connectivity index (χ1) is 11.3. The predicted octanol–water partition coefficient (Wildman–Crippen LogP) is 3.88. The van der Waals surface area contributed by atoms with Gasteiger partial charge in [-0.15, -0.1) is 0 Å². The van der Waals surface area contributed by atoms with Gasteiger partial charge in [-0.05, 0) is 43.0 Å². The summed E-state index contributed by atoms with van der Waals surface area (Å²) in [6.07, 6.45) is 0.679. The van der Waals surface area contributed by atoms with Crippen LogP contribution in [0.5, 0.6) is 5.75 Å². The van der Waals surface area contributed by atoms with Gasteiger partial charge in [0.2, 0.25) is 10.0 Å². The number of benzene rings is 2. The molecule has 0 aliphatic rings. The molecule has 0 heterocycles. The van der Waals surface area contributed by atoms with Gasteiger partial charge in [-0.2, -0.15) is 0 Å². The van der Waals surface area contributed by atoms with Crippen LogP contribution in [0.25, 0.3) is 0 Å². The zero-order valence-electron chi connectivity index (χ0n) is 14.7. The summed E-state index contributed by atoms with van der Waals surface area (Å²) in [5.74, 6) is 0.788. The summed E-state index contributed by atoms with van der Waals surface area (Å²) >= 11 is 0. The number of hydrogen-bond donors (Lipinski definition) is 1. The molecule has 5 heteroatoms. The average molecular weight is 347 g/mol. The number of aryl methyl sites for hydroxylation is 2. The molecule has 0 fully saturated rings. The van der Waals surface area contributed by atoms with Crippen molar-refractivity contribution in [2.75, 3.05) is 7.11 Å². The van der Waals surface area contributed by atoms with Crippen molar-refractivity contribution in [1.29, 1.82) is 0 Å². The largest absolute Gasteiger partial charge is 0.496 e. The van der Waals surface area contributed by atoms with Gasteiger partial charge in [0.15, 0.2) is 0 Å². The van der Waals surface area contributed by atoms with E-state index in [1.54, 1.807) is 7.11 Å². The summed E-state index contributed by atoms with van der Waals surface area (Å²) in [6.45, 7) is 5.88. The molecule has 130 valence electrons. The smallest absolute Gasteiger partial charge is 0.216 e. The molecule has 0 spiro atoms. The van der Waals surface area contributed by atoms with Crippen molar-refractivity contribution >= 4 is 10.0 Å². The maximum absolute atomic E-state index is 12.5. The van der Waals surface area contributed by atoms with E-state index < -0.39 is 10.0 Å². The van der Waals surface area contributed by atoms with Gasteiger partial charge in [-0.1, -0.05) is 48.9 Å². The fourth-order valence-electron chi connectivity index (χ4n) is 2.79. The Balaban J connectivity index is 2.18. The molecular weight excluding hydrogens is 322 g/mol. The van der Waals surface area contributed by atoms with E-state index in [0.717, 1.165) is 28.0 Å². The van der Waals surface area contributed by atoms with E-state index in [2.05, 4.69) is 4.72 Å². The fraction of sp³-hybridized carbons (Fsp3) is 0.368. The van der Waals surface area contributed by atoms with Crippen LogP contribution in [-0.2, 0) is 15.8 Å². The fourth-order valence-corrected chi connectivity index (χ4v) is 4.22. The van der Waals surface area contributed by atoms with E-state index in [4.69, 9.17) is 4.74 Å². The Bertz CT molecular complexity index is 800. The van der Waals surface area contributed by atoms with Crippen molar-refractivity contribution in [1.82, 2.24) is 4.72 Å². The summed E-state index contributed by atoms with van der Waals surface area (Å²) < 4.78 is 33.1. The monoisotopic (exact) mass is 347 g/mol. The Morgan fingerprint density at radius 3 is 2.46 bits per heavy atom.